The molecule has 1 aromatic rings. The van der Waals surface area contributed by atoms with E-state index in [4.69, 9.17) is 4.84 Å². The van der Waals surface area contributed by atoms with Crippen LogP contribution in [0.2, 0.25) is 0 Å². The van der Waals surface area contributed by atoms with Gasteiger partial charge in [0.2, 0.25) is 5.91 Å². The minimum absolute atomic E-state index is 0.0706. The summed E-state index contributed by atoms with van der Waals surface area (Å²) in [5.74, 6) is -0.592. The van der Waals surface area contributed by atoms with Crippen LogP contribution >= 0.6 is 0 Å². The van der Waals surface area contributed by atoms with E-state index in [0.29, 0.717) is 6.61 Å². The minimum atomic E-state index is -0.333. The van der Waals surface area contributed by atoms with Crippen molar-refractivity contribution in [2.24, 2.45) is 0 Å². The molecule has 0 spiro atoms. The largest absolute Gasteiger partial charge is 0.320 e. The van der Waals surface area contributed by atoms with E-state index in [1.165, 1.54) is 0 Å². The highest BCUT2D eigenvalue weighted by Crippen LogP contribution is 2.11. The Bertz CT molecular complexity index is 482. The van der Waals surface area contributed by atoms with Crippen LogP contribution in [-0.4, -0.2) is 30.0 Å². The van der Waals surface area contributed by atoms with Crippen LogP contribution in [0.3, 0.4) is 0 Å². The Morgan fingerprint density at radius 2 is 2.06 bits per heavy atom. The highest BCUT2D eigenvalue weighted by Gasteiger charge is 2.28. The SMILES string of the molecule is CCON1CC(=O)NC(=Cc2ccccc2)C1=O. The molecule has 0 saturated carbocycles. The zero-order valence-electron chi connectivity index (χ0n) is 10.1. The summed E-state index contributed by atoms with van der Waals surface area (Å²) in [5.41, 5.74) is 1.07. The lowest BCUT2D eigenvalue weighted by atomic mass is 10.1. The second-order valence-electron chi connectivity index (χ2n) is 3.78. The molecule has 1 heterocycles. The van der Waals surface area contributed by atoms with Crippen LogP contribution in [0.4, 0.5) is 0 Å². The van der Waals surface area contributed by atoms with Gasteiger partial charge in [-0.05, 0) is 18.6 Å². The lowest BCUT2D eigenvalue weighted by Crippen LogP contribution is -2.49. The van der Waals surface area contributed by atoms with Gasteiger partial charge in [0.05, 0.1) is 6.61 Å². The summed E-state index contributed by atoms with van der Waals surface area (Å²) < 4.78 is 0. The Morgan fingerprint density at radius 1 is 1.33 bits per heavy atom. The van der Waals surface area contributed by atoms with Crippen molar-refractivity contribution in [3.05, 3.63) is 41.6 Å². The second-order valence-corrected chi connectivity index (χ2v) is 3.78. The summed E-state index contributed by atoms with van der Waals surface area (Å²) in [5, 5.41) is 3.63. The second kappa shape index (κ2) is 5.46. The van der Waals surface area contributed by atoms with Gasteiger partial charge in [-0.1, -0.05) is 30.3 Å². The third kappa shape index (κ3) is 2.75. The number of carbonyl (C=O) groups is 2. The van der Waals surface area contributed by atoms with Crippen molar-refractivity contribution in [2.75, 3.05) is 13.2 Å². The zero-order chi connectivity index (χ0) is 13.0. The molecule has 2 rings (SSSR count). The number of benzene rings is 1. The fourth-order valence-electron chi connectivity index (χ4n) is 1.65. The van der Waals surface area contributed by atoms with Gasteiger partial charge in [0.25, 0.3) is 5.91 Å². The topological polar surface area (TPSA) is 58.6 Å². The highest BCUT2D eigenvalue weighted by molar-refractivity contribution is 6.05. The van der Waals surface area contributed by atoms with Gasteiger partial charge in [-0.2, -0.15) is 0 Å². The Balaban J connectivity index is 2.23. The molecular formula is C13H14N2O3. The molecule has 0 atom stereocenters. The maximum absolute atomic E-state index is 12.0. The first-order chi connectivity index (χ1) is 8.70. The van der Waals surface area contributed by atoms with Crippen LogP contribution in [0.25, 0.3) is 6.08 Å². The third-order valence-corrected chi connectivity index (χ3v) is 2.41. The normalized spacial score (nSPS) is 18.1. The summed E-state index contributed by atoms with van der Waals surface area (Å²) in [6, 6.07) is 9.32. The van der Waals surface area contributed by atoms with Crippen molar-refractivity contribution in [1.29, 1.82) is 0 Å². The number of piperazine rings is 1. The summed E-state index contributed by atoms with van der Waals surface area (Å²) in [4.78, 5) is 28.6. The summed E-state index contributed by atoms with van der Waals surface area (Å²) in [6.45, 7) is 2.04. The van der Waals surface area contributed by atoms with Crippen LogP contribution in [0, 0.1) is 0 Å². The average molecular weight is 246 g/mol. The maximum atomic E-state index is 12.0. The number of hydrogen-bond donors (Lipinski definition) is 1. The number of hydroxylamine groups is 2. The van der Waals surface area contributed by atoms with Crippen LogP contribution in [0.5, 0.6) is 0 Å². The van der Waals surface area contributed by atoms with Crippen LogP contribution in [0.15, 0.2) is 36.0 Å². The van der Waals surface area contributed by atoms with Gasteiger partial charge in [0.15, 0.2) is 0 Å². The minimum Gasteiger partial charge on any atom is -0.320 e. The van der Waals surface area contributed by atoms with Gasteiger partial charge in [-0.25, -0.2) is 5.06 Å². The average Bonchev–Trinajstić information content (AvgIpc) is 2.36. The van der Waals surface area contributed by atoms with Gasteiger partial charge in [-0.15, -0.1) is 0 Å². The Labute approximate surface area is 105 Å². The summed E-state index contributed by atoms with van der Waals surface area (Å²) in [6.07, 6.45) is 1.63. The molecule has 1 saturated heterocycles. The smallest absolute Gasteiger partial charge is 0.294 e. The summed E-state index contributed by atoms with van der Waals surface area (Å²) >= 11 is 0. The molecule has 18 heavy (non-hydrogen) atoms. The molecule has 0 unspecified atom stereocenters. The Kier molecular flexibility index (Phi) is 3.74. The quantitative estimate of drug-likeness (QED) is 0.807. The molecule has 5 heteroatoms. The lowest BCUT2D eigenvalue weighted by Gasteiger charge is -2.26. The van der Waals surface area contributed by atoms with Crippen LogP contribution in [-0.2, 0) is 14.4 Å². The molecule has 0 bridgehead atoms. The van der Waals surface area contributed by atoms with E-state index in [1.54, 1.807) is 13.0 Å². The molecule has 94 valence electrons. The number of amides is 2. The van der Waals surface area contributed by atoms with Crippen molar-refractivity contribution < 1.29 is 14.4 Å². The molecule has 0 aromatic heterocycles. The van der Waals surface area contributed by atoms with Crippen LogP contribution < -0.4 is 5.32 Å². The molecular weight excluding hydrogens is 232 g/mol. The number of carbonyl (C=O) groups excluding carboxylic acids is 2. The van der Waals surface area contributed by atoms with Crippen molar-refractivity contribution in [2.45, 2.75) is 6.92 Å². The first-order valence-corrected chi connectivity index (χ1v) is 5.72. The van der Waals surface area contributed by atoms with E-state index in [0.717, 1.165) is 10.6 Å². The van der Waals surface area contributed by atoms with Crippen molar-refractivity contribution in [1.82, 2.24) is 10.4 Å². The van der Waals surface area contributed by atoms with Gasteiger partial charge < -0.3 is 5.32 Å². The fraction of sp³-hybridized carbons (Fsp3) is 0.231. The van der Waals surface area contributed by atoms with E-state index in [2.05, 4.69) is 5.32 Å². The molecule has 5 nitrogen and oxygen atoms in total. The van der Waals surface area contributed by atoms with Crippen molar-refractivity contribution in [3.63, 3.8) is 0 Å². The monoisotopic (exact) mass is 246 g/mol. The van der Waals surface area contributed by atoms with E-state index < -0.39 is 0 Å². The molecule has 0 aliphatic carbocycles. The number of rotatable bonds is 3. The Hall–Kier alpha value is -2.14. The molecule has 2 amide bonds. The molecule has 1 aliphatic heterocycles. The number of hydrogen-bond acceptors (Lipinski definition) is 3. The number of nitrogens with zero attached hydrogens (tertiary/aromatic N) is 1. The standard InChI is InChI=1S/C13H14N2O3/c1-2-18-15-9-12(16)14-11(13(15)17)8-10-6-4-3-5-7-10/h3-8H,2,9H2,1H3,(H,14,16). The molecule has 1 aromatic carbocycles. The summed E-state index contributed by atoms with van der Waals surface area (Å²) in [7, 11) is 0. The molecule has 1 aliphatic rings. The van der Waals surface area contributed by atoms with Crippen molar-refractivity contribution in [3.8, 4) is 0 Å². The molecule has 0 radical (unpaired) electrons. The zero-order valence-corrected chi connectivity index (χ0v) is 10.1. The lowest BCUT2D eigenvalue weighted by molar-refractivity contribution is -0.186. The van der Waals surface area contributed by atoms with Gasteiger partial charge >= 0.3 is 0 Å². The molecule has 1 N–H and O–H groups in total. The Morgan fingerprint density at radius 3 is 2.72 bits per heavy atom. The molecule has 1 fully saturated rings. The number of nitrogens with one attached hydrogen (secondary N) is 1. The fourth-order valence-corrected chi connectivity index (χ4v) is 1.65. The van der Waals surface area contributed by atoms with E-state index in [9.17, 15) is 9.59 Å². The third-order valence-electron chi connectivity index (χ3n) is 2.41. The highest BCUT2D eigenvalue weighted by atomic mass is 16.7. The van der Waals surface area contributed by atoms with E-state index >= 15 is 0 Å². The maximum Gasteiger partial charge on any atom is 0.294 e. The van der Waals surface area contributed by atoms with Crippen LogP contribution in [0.1, 0.15) is 12.5 Å². The van der Waals surface area contributed by atoms with Gasteiger partial charge in [0, 0.05) is 0 Å². The van der Waals surface area contributed by atoms with Gasteiger partial charge in [-0.3, -0.25) is 14.4 Å². The van der Waals surface area contributed by atoms with E-state index in [-0.39, 0.29) is 24.1 Å². The first-order valence-electron chi connectivity index (χ1n) is 5.72. The van der Waals surface area contributed by atoms with Gasteiger partial charge in [0.1, 0.15) is 12.2 Å². The first kappa shape index (κ1) is 12.3. The van der Waals surface area contributed by atoms with E-state index in [1.807, 2.05) is 30.3 Å². The predicted molar refractivity (Wildman–Crippen MR) is 65.9 cm³/mol. The van der Waals surface area contributed by atoms with Crippen molar-refractivity contribution >= 4 is 17.9 Å². The predicted octanol–water partition coefficient (Wildman–Crippen LogP) is 0.937.